The normalized spacial score (nSPS) is 11.4. The van der Waals surface area contributed by atoms with Gasteiger partial charge in [-0.25, -0.2) is 0 Å². The van der Waals surface area contributed by atoms with Crippen LogP contribution in [-0.4, -0.2) is 48.4 Å². The molecule has 0 fully saturated rings. The van der Waals surface area contributed by atoms with Gasteiger partial charge in [-0.05, 0) is 30.9 Å². The van der Waals surface area contributed by atoms with Crippen molar-refractivity contribution in [2.75, 3.05) is 27.7 Å². The van der Waals surface area contributed by atoms with E-state index in [0.717, 1.165) is 36.9 Å². The van der Waals surface area contributed by atoms with E-state index in [2.05, 4.69) is 66.5 Å². The van der Waals surface area contributed by atoms with Gasteiger partial charge in [0.2, 0.25) is 0 Å². The van der Waals surface area contributed by atoms with Crippen LogP contribution in [0.2, 0.25) is 0 Å². The number of hydrogen-bond acceptors (Lipinski definition) is 3. The van der Waals surface area contributed by atoms with Gasteiger partial charge in [0.25, 0.3) is 0 Å². The lowest BCUT2D eigenvalue weighted by molar-refractivity contribution is 0.409. The maximum atomic E-state index is 5.47. The Balaban J connectivity index is 0.00000392. The molecule has 0 bridgehead atoms. The van der Waals surface area contributed by atoms with Crippen LogP contribution in [0.5, 0.6) is 5.75 Å². The molecule has 0 aliphatic carbocycles. The Morgan fingerprint density at radius 1 is 1.32 bits per heavy atom. The van der Waals surface area contributed by atoms with Crippen LogP contribution in [0.3, 0.4) is 0 Å². The zero-order valence-electron chi connectivity index (χ0n) is 18.1. The van der Waals surface area contributed by atoms with Crippen molar-refractivity contribution >= 4 is 29.9 Å². The maximum Gasteiger partial charge on any atom is 0.193 e. The van der Waals surface area contributed by atoms with Gasteiger partial charge in [0.15, 0.2) is 5.96 Å². The van der Waals surface area contributed by atoms with Crippen LogP contribution in [-0.2, 0) is 20.0 Å². The molecular weight excluding hydrogens is 465 g/mol. The quantitative estimate of drug-likeness (QED) is 0.359. The standard InChI is InChI=1S/C21H33N5O.HI/c1-15(2)20-18(14-26(6)24-20)13-25(5)21(22-4)23-11-10-17-12-16(3)8-9-19(17)27-7;/h8-9,12,14-15H,10-11,13H2,1-7H3,(H,22,23);1H. The highest BCUT2D eigenvalue weighted by atomic mass is 127. The van der Waals surface area contributed by atoms with E-state index in [-0.39, 0.29) is 24.0 Å². The molecule has 0 saturated carbocycles. The van der Waals surface area contributed by atoms with Crippen LogP contribution in [0, 0.1) is 6.92 Å². The largest absolute Gasteiger partial charge is 0.496 e. The number of ether oxygens (including phenoxy) is 1. The topological polar surface area (TPSA) is 54.7 Å². The van der Waals surface area contributed by atoms with Crippen molar-refractivity contribution in [2.45, 2.75) is 39.7 Å². The first-order chi connectivity index (χ1) is 12.8. The van der Waals surface area contributed by atoms with Gasteiger partial charge in [-0.3, -0.25) is 9.67 Å². The maximum absolute atomic E-state index is 5.47. The van der Waals surface area contributed by atoms with Gasteiger partial charge in [0.05, 0.1) is 12.8 Å². The van der Waals surface area contributed by atoms with E-state index in [1.165, 1.54) is 16.7 Å². The predicted octanol–water partition coefficient (Wildman–Crippen LogP) is 3.73. The van der Waals surface area contributed by atoms with Crippen molar-refractivity contribution in [3.8, 4) is 5.75 Å². The second kappa shape index (κ2) is 11.3. The van der Waals surface area contributed by atoms with Crippen LogP contribution in [0.25, 0.3) is 0 Å². The molecule has 28 heavy (non-hydrogen) atoms. The smallest absolute Gasteiger partial charge is 0.193 e. The molecule has 0 saturated heterocycles. The number of nitrogens with zero attached hydrogens (tertiary/aromatic N) is 4. The zero-order valence-corrected chi connectivity index (χ0v) is 20.4. The van der Waals surface area contributed by atoms with Gasteiger partial charge >= 0.3 is 0 Å². The minimum absolute atomic E-state index is 0. The molecule has 6 nitrogen and oxygen atoms in total. The number of aromatic nitrogens is 2. The van der Waals surface area contributed by atoms with Crippen molar-refractivity contribution in [3.63, 3.8) is 0 Å². The van der Waals surface area contributed by atoms with Crippen LogP contribution in [0.15, 0.2) is 29.4 Å². The molecule has 1 aromatic heterocycles. The Morgan fingerprint density at radius 3 is 2.64 bits per heavy atom. The van der Waals surface area contributed by atoms with E-state index in [1.807, 2.05) is 24.8 Å². The minimum atomic E-state index is 0. The summed E-state index contributed by atoms with van der Waals surface area (Å²) in [6.07, 6.45) is 2.97. The number of aliphatic imine (C=N–C) groups is 1. The monoisotopic (exact) mass is 499 g/mol. The third-order valence-electron chi connectivity index (χ3n) is 4.58. The molecule has 1 N–H and O–H groups in total. The van der Waals surface area contributed by atoms with Crippen molar-refractivity contribution in [1.82, 2.24) is 20.0 Å². The van der Waals surface area contributed by atoms with Crippen LogP contribution in [0.4, 0.5) is 0 Å². The van der Waals surface area contributed by atoms with E-state index in [9.17, 15) is 0 Å². The lowest BCUT2D eigenvalue weighted by Crippen LogP contribution is -2.39. The lowest BCUT2D eigenvalue weighted by atomic mass is 10.1. The highest BCUT2D eigenvalue weighted by Crippen LogP contribution is 2.20. The Bertz CT molecular complexity index is 785. The molecule has 2 rings (SSSR count). The number of benzene rings is 1. The summed E-state index contributed by atoms with van der Waals surface area (Å²) in [5, 5.41) is 8.05. The summed E-state index contributed by atoms with van der Waals surface area (Å²) in [5.41, 5.74) is 4.82. The van der Waals surface area contributed by atoms with Crippen LogP contribution < -0.4 is 10.1 Å². The molecule has 0 radical (unpaired) electrons. The molecule has 0 unspecified atom stereocenters. The molecule has 0 aliphatic heterocycles. The van der Waals surface area contributed by atoms with Gasteiger partial charge in [-0.2, -0.15) is 5.10 Å². The fourth-order valence-electron chi connectivity index (χ4n) is 3.29. The number of guanidine groups is 1. The number of methoxy groups -OCH3 is 1. The van der Waals surface area contributed by atoms with Crippen molar-refractivity contribution in [3.05, 3.63) is 46.8 Å². The Kier molecular flexibility index (Phi) is 9.78. The van der Waals surface area contributed by atoms with E-state index in [0.29, 0.717) is 5.92 Å². The second-order valence-corrected chi connectivity index (χ2v) is 7.26. The first-order valence-electron chi connectivity index (χ1n) is 9.43. The van der Waals surface area contributed by atoms with E-state index < -0.39 is 0 Å². The first-order valence-corrected chi connectivity index (χ1v) is 9.43. The highest BCUT2D eigenvalue weighted by Gasteiger charge is 2.15. The average molecular weight is 499 g/mol. The Morgan fingerprint density at radius 2 is 2.04 bits per heavy atom. The number of rotatable bonds is 7. The lowest BCUT2D eigenvalue weighted by Gasteiger charge is -2.22. The van der Waals surface area contributed by atoms with Crippen LogP contribution >= 0.6 is 24.0 Å². The molecule has 0 spiro atoms. The SMILES string of the molecule is CN=C(NCCc1cc(C)ccc1OC)N(C)Cc1cn(C)nc1C(C)C.I. The zero-order chi connectivity index (χ0) is 20.0. The summed E-state index contributed by atoms with van der Waals surface area (Å²) in [6.45, 7) is 8.02. The fourth-order valence-corrected chi connectivity index (χ4v) is 3.29. The molecule has 0 aliphatic rings. The third-order valence-corrected chi connectivity index (χ3v) is 4.58. The number of halogens is 1. The first kappa shape index (κ1) is 24.3. The molecule has 0 amide bonds. The van der Waals surface area contributed by atoms with Crippen molar-refractivity contribution in [1.29, 1.82) is 0 Å². The number of aryl methyl sites for hydroxylation is 2. The molecule has 2 aromatic rings. The summed E-state index contributed by atoms with van der Waals surface area (Å²) in [6, 6.07) is 6.28. The molecular formula is C21H34IN5O. The molecule has 1 heterocycles. The van der Waals surface area contributed by atoms with Gasteiger partial charge in [0.1, 0.15) is 5.75 Å². The number of nitrogens with one attached hydrogen (secondary N) is 1. The summed E-state index contributed by atoms with van der Waals surface area (Å²) >= 11 is 0. The van der Waals surface area contributed by atoms with E-state index in [1.54, 1.807) is 7.11 Å². The van der Waals surface area contributed by atoms with Gasteiger partial charge in [-0.15, -0.1) is 24.0 Å². The van der Waals surface area contributed by atoms with Crippen LogP contribution in [0.1, 0.15) is 42.1 Å². The fraction of sp³-hybridized carbons (Fsp3) is 0.524. The molecule has 1 aromatic carbocycles. The highest BCUT2D eigenvalue weighted by molar-refractivity contribution is 14.0. The summed E-state index contributed by atoms with van der Waals surface area (Å²) < 4.78 is 7.36. The summed E-state index contributed by atoms with van der Waals surface area (Å²) in [7, 11) is 7.56. The van der Waals surface area contributed by atoms with Gasteiger partial charge in [0, 0.05) is 46.0 Å². The van der Waals surface area contributed by atoms with E-state index >= 15 is 0 Å². The Labute approximate surface area is 186 Å². The number of hydrogen-bond donors (Lipinski definition) is 1. The molecule has 0 atom stereocenters. The molecule has 156 valence electrons. The summed E-state index contributed by atoms with van der Waals surface area (Å²) in [4.78, 5) is 6.57. The summed E-state index contributed by atoms with van der Waals surface area (Å²) in [5.74, 6) is 2.21. The van der Waals surface area contributed by atoms with E-state index in [4.69, 9.17) is 4.74 Å². The van der Waals surface area contributed by atoms with Gasteiger partial charge in [-0.1, -0.05) is 31.5 Å². The second-order valence-electron chi connectivity index (χ2n) is 7.26. The third kappa shape index (κ3) is 6.39. The average Bonchev–Trinajstić information content (AvgIpc) is 2.99. The molecule has 7 heteroatoms. The van der Waals surface area contributed by atoms with Crippen molar-refractivity contribution in [2.24, 2.45) is 12.0 Å². The Hall–Kier alpha value is -1.77. The predicted molar refractivity (Wildman–Crippen MR) is 127 cm³/mol. The minimum Gasteiger partial charge on any atom is -0.496 e. The van der Waals surface area contributed by atoms with Gasteiger partial charge < -0.3 is 15.0 Å². The van der Waals surface area contributed by atoms with Crippen molar-refractivity contribution < 1.29 is 4.74 Å².